The van der Waals surface area contributed by atoms with Crippen molar-refractivity contribution in [2.45, 2.75) is 27.3 Å². The lowest BCUT2D eigenvalue weighted by molar-refractivity contribution is 0.177. The fourth-order valence-electron chi connectivity index (χ4n) is 2.82. The minimum Gasteiger partial charge on any atom is -0.507 e. The van der Waals surface area contributed by atoms with Gasteiger partial charge >= 0.3 is 0 Å². The van der Waals surface area contributed by atoms with Crippen LogP contribution in [0.2, 0.25) is 0 Å². The molecule has 1 aromatic rings. The lowest BCUT2D eigenvalue weighted by Gasteiger charge is -2.36. The van der Waals surface area contributed by atoms with Gasteiger partial charge < -0.3 is 15.1 Å². The summed E-state index contributed by atoms with van der Waals surface area (Å²) in [6.45, 7) is 9.86. The molecule has 7 heteroatoms. The average molecular weight is 377 g/mol. The lowest BCUT2D eigenvalue weighted by atomic mass is 9.97. The van der Waals surface area contributed by atoms with Crippen molar-refractivity contribution in [3.63, 3.8) is 0 Å². The number of piperazine rings is 1. The predicted octanol–water partition coefficient (Wildman–Crippen LogP) is 3.21. The van der Waals surface area contributed by atoms with E-state index in [4.69, 9.17) is 12.2 Å². The summed E-state index contributed by atoms with van der Waals surface area (Å²) in [5.41, 5.74) is 3.14. The summed E-state index contributed by atoms with van der Waals surface area (Å²) in [5.74, 6) is 0.613. The van der Waals surface area contributed by atoms with Gasteiger partial charge in [0.15, 0.2) is 0 Å². The van der Waals surface area contributed by atoms with Crippen molar-refractivity contribution in [3.05, 3.63) is 22.3 Å². The monoisotopic (exact) mass is 376 g/mol. The van der Waals surface area contributed by atoms with Gasteiger partial charge in [-0.05, 0) is 43.7 Å². The van der Waals surface area contributed by atoms with Crippen LogP contribution in [0.25, 0.3) is 0 Å². The molecule has 0 spiro atoms. The second kappa shape index (κ2) is 8.42. The van der Waals surface area contributed by atoms with E-state index in [0.29, 0.717) is 18.0 Å². The van der Waals surface area contributed by atoms with Gasteiger partial charge in [-0.1, -0.05) is 12.2 Å². The fourth-order valence-corrected chi connectivity index (χ4v) is 3.44. The van der Waals surface area contributed by atoms with E-state index in [0.717, 1.165) is 52.8 Å². The number of phenols is 2. The van der Waals surface area contributed by atoms with E-state index in [-0.39, 0.29) is 12.4 Å². The van der Waals surface area contributed by atoms with E-state index >= 15 is 0 Å². The van der Waals surface area contributed by atoms with Crippen molar-refractivity contribution in [2.24, 2.45) is 0 Å². The van der Waals surface area contributed by atoms with Crippen LogP contribution in [0.5, 0.6) is 11.5 Å². The molecule has 0 radical (unpaired) electrons. The summed E-state index contributed by atoms with van der Waals surface area (Å²) in [7, 11) is 0. The standard InChI is InChI=1S/C16H24N2O2S2.ClH/c1-10-11(2)15(20)13(12(3)14(10)19)9-17-5-7-18(8-6-17)16(21)22-4;/h19-20H,5-9H2,1-4H3;1H. The smallest absolute Gasteiger partial charge is 0.136 e. The van der Waals surface area contributed by atoms with E-state index in [1.807, 2.05) is 27.0 Å². The number of aromatic hydroxyl groups is 2. The molecule has 0 saturated carbocycles. The van der Waals surface area contributed by atoms with Crippen molar-refractivity contribution < 1.29 is 10.2 Å². The predicted molar refractivity (Wildman–Crippen MR) is 104 cm³/mol. The van der Waals surface area contributed by atoms with Crippen LogP contribution < -0.4 is 0 Å². The minimum absolute atomic E-state index is 0. The van der Waals surface area contributed by atoms with Gasteiger partial charge in [-0.3, -0.25) is 4.90 Å². The molecule has 1 fully saturated rings. The zero-order valence-electron chi connectivity index (χ0n) is 14.0. The Morgan fingerprint density at radius 3 is 2.04 bits per heavy atom. The van der Waals surface area contributed by atoms with E-state index in [9.17, 15) is 10.2 Å². The van der Waals surface area contributed by atoms with Gasteiger partial charge in [-0.15, -0.1) is 24.2 Å². The molecule has 1 aromatic carbocycles. The maximum absolute atomic E-state index is 10.4. The van der Waals surface area contributed by atoms with Crippen LogP contribution in [-0.4, -0.2) is 56.8 Å². The summed E-state index contributed by atoms with van der Waals surface area (Å²) in [6, 6.07) is 0. The van der Waals surface area contributed by atoms with E-state index in [1.165, 1.54) is 0 Å². The highest BCUT2D eigenvalue weighted by molar-refractivity contribution is 8.22. The van der Waals surface area contributed by atoms with Crippen LogP contribution in [0.4, 0.5) is 0 Å². The summed E-state index contributed by atoms with van der Waals surface area (Å²) >= 11 is 6.94. The van der Waals surface area contributed by atoms with Crippen LogP contribution in [0, 0.1) is 20.8 Å². The van der Waals surface area contributed by atoms with Crippen molar-refractivity contribution in [3.8, 4) is 11.5 Å². The molecule has 2 rings (SSSR count). The fraction of sp³-hybridized carbons (Fsp3) is 0.562. The molecular formula is C16H25ClN2O2S2. The molecule has 0 amide bonds. The summed E-state index contributed by atoms with van der Waals surface area (Å²) in [4.78, 5) is 4.52. The van der Waals surface area contributed by atoms with Gasteiger partial charge in [-0.25, -0.2) is 0 Å². The number of rotatable bonds is 2. The van der Waals surface area contributed by atoms with Crippen molar-refractivity contribution in [1.29, 1.82) is 0 Å². The van der Waals surface area contributed by atoms with Gasteiger partial charge in [0.25, 0.3) is 0 Å². The Kier molecular flexibility index (Phi) is 7.45. The highest BCUT2D eigenvalue weighted by atomic mass is 35.5. The van der Waals surface area contributed by atoms with Gasteiger partial charge in [0.05, 0.1) is 0 Å². The second-order valence-electron chi connectivity index (χ2n) is 5.78. The zero-order chi connectivity index (χ0) is 16.4. The summed E-state index contributed by atoms with van der Waals surface area (Å²) in [6.07, 6.45) is 2.01. The first-order valence-electron chi connectivity index (χ1n) is 7.42. The maximum Gasteiger partial charge on any atom is 0.136 e. The quantitative estimate of drug-likeness (QED) is 0.610. The molecule has 0 atom stereocenters. The van der Waals surface area contributed by atoms with Crippen LogP contribution in [0.1, 0.15) is 22.3 Å². The number of halogens is 1. The Balaban J connectivity index is 0.00000264. The second-order valence-corrected chi connectivity index (χ2v) is 7.22. The third kappa shape index (κ3) is 4.24. The summed E-state index contributed by atoms with van der Waals surface area (Å²) < 4.78 is 0.947. The molecule has 1 aliphatic rings. The van der Waals surface area contributed by atoms with E-state index in [1.54, 1.807) is 11.8 Å². The van der Waals surface area contributed by atoms with Crippen molar-refractivity contribution >= 4 is 40.7 Å². The molecule has 23 heavy (non-hydrogen) atoms. The normalized spacial score (nSPS) is 15.4. The molecule has 1 aliphatic heterocycles. The molecule has 4 nitrogen and oxygen atoms in total. The maximum atomic E-state index is 10.4. The molecule has 0 bridgehead atoms. The SMILES string of the molecule is CSC(=S)N1CCN(Cc2c(C)c(O)c(C)c(C)c2O)CC1.Cl. The Hall–Kier alpha value is -0.690. The number of hydrogen-bond donors (Lipinski definition) is 2. The first kappa shape index (κ1) is 20.4. The molecule has 0 aromatic heterocycles. The molecule has 1 saturated heterocycles. The molecule has 2 N–H and O–H groups in total. The summed E-state index contributed by atoms with van der Waals surface area (Å²) in [5, 5.41) is 20.6. The Morgan fingerprint density at radius 2 is 1.52 bits per heavy atom. The number of phenolic OH excluding ortho intramolecular Hbond substituents is 2. The third-order valence-corrected chi connectivity index (χ3v) is 5.92. The molecule has 0 aliphatic carbocycles. The molecular weight excluding hydrogens is 352 g/mol. The Labute approximate surface area is 154 Å². The van der Waals surface area contributed by atoms with Gasteiger partial charge in [0, 0.05) is 38.3 Å². The molecule has 0 unspecified atom stereocenters. The first-order valence-corrected chi connectivity index (χ1v) is 9.06. The highest BCUT2D eigenvalue weighted by Crippen LogP contribution is 2.36. The zero-order valence-corrected chi connectivity index (χ0v) is 16.5. The lowest BCUT2D eigenvalue weighted by Crippen LogP contribution is -2.47. The average Bonchev–Trinajstić information content (AvgIpc) is 2.55. The Morgan fingerprint density at radius 1 is 1.00 bits per heavy atom. The number of benzene rings is 1. The Bertz CT molecular complexity index is 559. The highest BCUT2D eigenvalue weighted by Gasteiger charge is 2.22. The van der Waals surface area contributed by atoms with Crippen LogP contribution in [-0.2, 0) is 6.54 Å². The van der Waals surface area contributed by atoms with Gasteiger partial charge in [0.1, 0.15) is 15.8 Å². The number of thiocarbonyl (C=S) groups is 1. The number of thioether (sulfide) groups is 1. The van der Waals surface area contributed by atoms with Gasteiger partial charge in [0.2, 0.25) is 0 Å². The third-order valence-electron chi connectivity index (χ3n) is 4.55. The first-order chi connectivity index (χ1) is 10.4. The van der Waals surface area contributed by atoms with Crippen LogP contribution in [0.15, 0.2) is 0 Å². The minimum atomic E-state index is 0. The van der Waals surface area contributed by atoms with Crippen molar-refractivity contribution in [2.75, 3.05) is 32.4 Å². The molecule has 130 valence electrons. The molecule has 1 heterocycles. The van der Waals surface area contributed by atoms with Crippen LogP contribution >= 0.6 is 36.4 Å². The van der Waals surface area contributed by atoms with Crippen LogP contribution in [0.3, 0.4) is 0 Å². The van der Waals surface area contributed by atoms with E-state index < -0.39 is 0 Å². The largest absolute Gasteiger partial charge is 0.507 e. The van der Waals surface area contributed by atoms with E-state index in [2.05, 4.69) is 9.80 Å². The van der Waals surface area contributed by atoms with Crippen molar-refractivity contribution in [1.82, 2.24) is 9.80 Å². The number of nitrogens with zero attached hydrogens (tertiary/aromatic N) is 2. The van der Waals surface area contributed by atoms with Gasteiger partial charge in [-0.2, -0.15) is 0 Å². The topological polar surface area (TPSA) is 46.9 Å². The number of hydrogen-bond acceptors (Lipinski definition) is 5.